The van der Waals surface area contributed by atoms with E-state index in [1.54, 1.807) is 0 Å². The van der Waals surface area contributed by atoms with Crippen molar-refractivity contribution in [2.75, 3.05) is 6.54 Å². The third-order valence-corrected chi connectivity index (χ3v) is 2.01. The third kappa shape index (κ3) is 4.60. The van der Waals surface area contributed by atoms with Gasteiger partial charge in [-0.1, -0.05) is 0 Å². The summed E-state index contributed by atoms with van der Waals surface area (Å²) < 4.78 is 5.63. The van der Waals surface area contributed by atoms with Gasteiger partial charge < -0.3 is 4.74 Å². The topological polar surface area (TPSA) is 30.5 Å². The average molecular weight is 187 g/mol. The summed E-state index contributed by atoms with van der Waals surface area (Å²) in [5.74, 6) is 0. The molecule has 1 aliphatic heterocycles. The number of rotatable bonds is 3. The molecule has 2 unspecified atom stereocenters. The van der Waals surface area contributed by atoms with Crippen LogP contribution < -0.4 is 5.48 Å². The molecule has 0 aliphatic carbocycles. The molecule has 1 N–H and O–H groups in total. The SMILES string of the molecule is CC1CCC(CNOC(C)(C)C)O1. The number of ether oxygens (including phenoxy) is 1. The summed E-state index contributed by atoms with van der Waals surface area (Å²) in [6, 6.07) is 0. The van der Waals surface area contributed by atoms with E-state index >= 15 is 0 Å². The maximum absolute atomic E-state index is 5.63. The van der Waals surface area contributed by atoms with Gasteiger partial charge in [0.1, 0.15) is 0 Å². The van der Waals surface area contributed by atoms with E-state index in [1.807, 2.05) is 20.8 Å². The lowest BCUT2D eigenvalue weighted by Gasteiger charge is -2.21. The standard InChI is InChI=1S/C10H21NO2/c1-8-5-6-9(12-8)7-11-13-10(2,3)4/h8-9,11H,5-7H2,1-4H3. The monoisotopic (exact) mass is 187 g/mol. The summed E-state index contributed by atoms with van der Waals surface area (Å²) in [7, 11) is 0. The van der Waals surface area contributed by atoms with Gasteiger partial charge in [0.15, 0.2) is 0 Å². The van der Waals surface area contributed by atoms with Crippen LogP contribution in [0.5, 0.6) is 0 Å². The van der Waals surface area contributed by atoms with Gasteiger partial charge in [-0.25, -0.2) is 0 Å². The first-order chi connectivity index (χ1) is 5.97. The van der Waals surface area contributed by atoms with Gasteiger partial charge in [0.2, 0.25) is 0 Å². The second-order valence-corrected chi connectivity index (χ2v) is 4.71. The van der Waals surface area contributed by atoms with Crippen LogP contribution in [0.25, 0.3) is 0 Å². The average Bonchev–Trinajstić information content (AvgIpc) is 2.33. The minimum atomic E-state index is -0.121. The van der Waals surface area contributed by atoms with E-state index < -0.39 is 0 Å². The van der Waals surface area contributed by atoms with Crippen LogP contribution in [-0.4, -0.2) is 24.4 Å². The summed E-state index contributed by atoms with van der Waals surface area (Å²) >= 11 is 0. The number of nitrogens with one attached hydrogen (secondary N) is 1. The van der Waals surface area contributed by atoms with Gasteiger partial charge in [0.05, 0.1) is 17.8 Å². The second kappa shape index (κ2) is 4.40. The number of hydroxylamine groups is 1. The molecule has 0 bridgehead atoms. The molecular formula is C10H21NO2. The lowest BCUT2D eigenvalue weighted by atomic mass is 10.2. The highest BCUT2D eigenvalue weighted by atomic mass is 16.7. The minimum absolute atomic E-state index is 0.121. The Labute approximate surface area is 80.7 Å². The highest BCUT2D eigenvalue weighted by Gasteiger charge is 2.22. The molecular weight excluding hydrogens is 166 g/mol. The molecule has 0 aromatic rings. The van der Waals surface area contributed by atoms with Gasteiger partial charge in [-0.05, 0) is 40.5 Å². The number of hydrogen-bond donors (Lipinski definition) is 1. The Morgan fingerprint density at radius 3 is 2.54 bits per heavy atom. The molecule has 0 amide bonds. The van der Waals surface area contributed by atoms with Crippen LogP contribution in [0, 0.1) is 0 Å². The van der Waals surface area contributed by atoms with Gasteiger partial charge >= 0.3 is 0 Å². The first kappa shape index (κ1) is 11.0. The van der Waals surface area contributed by atoms with E-state index in [2.05, 4.69) is 12.4 Å². The zero-order valence-corrected chi connectivity index (χ0v) is 9.09. The van der Waals surface area contributed by atoms with Gasteiger partial charge in [-0.15, -0.1) is 0 Å². The van der Waals surface area contributed by atoms with E-state index in [0.29, 0.717) is 12.2 Å². The second-order valence-electron chi connectivity index (χ2n) is 4.71. The Hall–Kier alpha value is -0.120. The molecule has 13 heavy (non-hydrogen) atoms. The van der Waals surface area contributed by atoms with Crippen molar-refractivity contribution in [1.29, 1.82) is 0 Å². The smallest absolute Gasteiger partial charge is 0.0812 e. The summed E-state index contributed by atoms with van der Waals surface area (Å²) in [4.78, 5) is 5.40. The molecule has 1 fully saturated rings. The van der Waals surface area contributed by atoms with Gasteiger partial charge in [0.25, 0.3) is 0 Å². The van der Waals surface area contributed by atoms with Gasteiger partial charge in [-0.2, -0.15) is 5.48 Å². The van der Waals surface area contributed by atoms with Crippen LogP contribution in [0.1, 0.15) is 40.5 Å². The number of hydrogen-bond acceptors (Lipinski definition) is 3. The van der Waals surface area contributed by atoms with Crippen molar-refractivity contribution in [1.82, 2.24) is 5.48 Å². The Balaban J connectivity index is 2.07. The molecule has 1 rings (SSSR count). The van der Waals surface area contributed by atoms with Crippen molar-refractivity contribution in [2.24, 2.45) is 0 Å². The Bertz CT molecular complexity index is 153. The maximum atomic E-state index is 5.63. The quantitative estimate of drug-likeness (QED) is 0.684. The molecule has 3 heteroatoms. The molecule has 3 nitrogen and oxygen atoms in total. The van der Waals surface area contributed by atoms with Crippen LogP contribution in [0.4, 0.5) is 0 Å². The summed E-state index contributed by atoms with van der Waals surface area (Å²) in [5.41, 5.74) is 2.84. The first-order valence-corrected chi connectivity index (χ1v) is 5.04. The molecule has 0 spiro atoms. The molecule has 0 aromatic carbocycles. The van der Waals surface area contributed by atoms with E-state index in [9.17, 15) is 0 Å². The first-order valence-electron chi connectivity index (χ1n) is 5.04. The summed E-state index contributed by atoms with van der Waals surface area (Å²) in [6.45, 7) is 8.99. The minimum Gasteiger partial charge on any atom is -0.374 e. The lowest BCUT2D eigenvalue weighted by Crippen LogP contribution is -2.34. The zero-order valence-electron chi connectivity index (χ0n) is 9.09. The van der Waals surface area contributed by atoms with Crippen LogP contribution in [0.3, 0.4) is 0 Å². The Kier molecular flexibility index (Phi) is 3.71. The molecule has 0 aromatic heterocycles. The molecule has 2 atom stereocenters. The predicted molar refractivity (Wildman–Crippen MR) is 52.4 cm³/mol. The summed E-state index contributed by atoms with van der Waals surface area (Å²) in [5, 5.41) is 0. The molecule has 78 valence electrons. The van der Waals surface area contributed by atoms with Crippen molar-refractivity contribution < 1.29 is 9.57 Å². The van der Waals surface area contributed by atoms with Crippen molar-refractivity contribution >= 4 is 0 Å². The van der Waals surface area contributed by atoms with Crippen molar-refractivity contribution in [3.63, 3.8) is 0 Å². The van der Waals surface area contributed by atoms with E-state index in [4.69, 9.17) is 9.57 Å². The van der Waals surface area contributed by atoms with Crippen LogP contribution in [0.15, 0.2) is 0 Å². The Morgan fingerprint density at radius 1 is 1.38 bits per heavy atom. The van der Waals surface area contributed by atoms with Crippen LogP contribution in [0.2, 0.25) is 0 Å². The molecule has 1 aliphatic rings. The molecule has 0 radical (unpaired) electrons. The fraction of sp³-hybridized carbons (Fsp3) is 1.00. The van der Waals surface area contributed by atoms with Crippen molar-refractivity contribution in [3.05, 3.63) is 0 Å². The fourth-order valence-electron chi connectivity index (χ4n) is 1.39. The normalized spacial score (nSPS) is 29.5. The third-order valence-electron chi connectivity index (χ3n) is 2.01. The largest absolute Gasteiger partial charge is 0.374 e. The lowest BCUT2D eigenvalue weighted by molar-refractivity contribution is -0.0877. The van der Waals surface area contributed by atoms with Gasteiger partial charge in [0, 0.05) is 6.54 Å². The predicted octanol–water partition coefficient (Wildman–Crippen LogP) is 1.87. The van der Waals surface area contributed by atoms with Gasteiger partial charge in [-0.3, -0.25) is 4.84 Å². The van der Waals surface area contributed by atoms with Crippen molar-refractivity contribution in [2.45, 2.75) is 58.3 Å². The molecule has 0 saturated carbocycles. The summed E-state index contributed by atoms with van der Waals surface area (Å²) in [6.07, 6.45) is 3.06. The molecule has 1 saturated heterocycles. The fourth-order valence-corrected chi connectivity index (χ4v) is 1.39. The Morgan fingerprint density at radius 2 is 2.08 bits per heavy atom. The molecule has 1 heterocycles. The highest BCUT2D eigenvalue weighted by Crippen LogP contribution is 2.18. The maximum Gasteiger partial charge on any atom is 0.0812 e. The van der Waals surface area contributed by atoms with E-state index in [0.717, 1.165) is 13.0 Å². The zero-order chi connectivity index (χ0) is 9.90. The van der Waals surface area contributed by atoms with E-state index in [1.165, 1.54) is 6.42 Å². The van der Waals surface area contributed by atoms with E-state index in [-0.39, 0.29) is 5.60 Å². The van der Waals surface area contributed by atoms with Crippen molar-refractivity contribution in [3.8, 4) is 0 Å². The van der Waals surface area contributed by atoms with Crippen LogP contribution >= 0.6 is 0 Å². The van der Waals surface area contributed by atoms with Crippen LogP contribution in [-0.2, 0) is 9.57 Å². The highest BCUT2D eigenvalue weighted by molar-refractivity contribution is 4.71.